The molecule has 3 aliphatic carbocycles. The van der Waals surface area contributed by atoms with Crippen molar-refractivity contribution < 1.29 is 14.3 Å². The van der Waals surface area contributed by atoms with Gasteiger partial charge in [-0.15, -0.1) is 0 Å². The van der Waals surface area contributed by atoms with Gasteiger partial charge in [0.25, 0.3) is 0 Å². The molecule has 0 N–H and O–H groups in total. The summed E-state index contributed by atoms with van der Waals surface area (Å²) in [5.74, 6) is 0.532. The van der Waals surface area contributed by atoms with Crippen LogP contribution in [0.1, 0.15) is 0 Å². The van der Waals surface area contributed by atoms with Crippen molar-refractivity contribution in [2.75, 3.05) is 13.2 Å². The van der Waals surface area contributed by atoms with Gasteiger partial charge in [0, 0.05) is 17.8 Å². The average Bonchev–Trinajstić information content (AvgIpc) is 2.96. The molecule has 2 bridgehead atoms. The largest absolute Gasteiger partial charge is 0.346 e. The van der Waals surface area contributed by atoms with Gasteiger partial charge in [0.1, 0.15) is 0 Å². The molecule has 4 atom stereocenters. The minimum Gasteiger partial charge on any atom is -0.346 e. The molecule has 1 saturated carbocycles. The summed E-state index contributed by atoms with van der Waals surface area (Å²) in [6, 6.07) is 0. The number of ketones is 1. The smallest absolute Gasteiger partial charge is 0.182 e. The fraction of sp³-hybridized carbons (Fsp3) is 0.583. The van der Waals surface area contributed by atoms with E-state index in [0.717, 1.165) is 0 Å². The highest BCUT2D eigenvalue weighted by atomic mass is 16.7. The Morgan fingerprint density at radius 2 is 1.87 bits per heavy atom. The predicted molar refractivity (Wildman–Crippen MR) is 51.9 cm³/mol. The van der Waals surface area contributed by atoms with Crippen LogP contribution in [-0.2, 0) is 14.3 Å². The maximum atomic E-state index is 11.8. The Morgan fingerprint density at radius 1 is 1.13 bits per heavy atom. The molecular weight excluding hydrogens is 192 g/mol. The Bertz CT molecular complexity index is 390. The number of ether oxygens (including phenoxy) is 2. The first-order valence-corrected chi connectivity index (χ1v) is 5.51. The zero-order valence-electron chi connectivity index (χ0n) is 8.26. The summed E-state index contributed by atoms with van der Waals surface area (Å²) in [6.45, 7) is 1.32. The van der Waals surface area contributed by atoms with Crippen LogP contribution in [0.4, 0.5) is 0 Å². The van der Waals surface area contributed by atoms with Crippen molar-refractivity contribution in [2.45, 2.75) is 5.79 Å². The molecule has 0 unspecified atom stereocenters. The zero-order valence-corrected chi connectivity index (χ0v) is 8.26. The predicted octanol–water partition coefficient (Wildman–Crippen LogP) is 0.917. The van der Waals surface area contributed by atoms with Crippen LogP contribution in [0.15, 0.2) is 24.3 Å². The second-order valence-corrected chi connectivity index (χ2v) is 4.72. The SMILES string of the molecule is O=C1C=C[C@@H]2[C@@H]1[C@H]1C=C[C@H]2C12OCCO2. The topological polar surface area (TPSA) is 35.5 Å². The van der Waals surface area contributed by atoms with Crippen molar-refractivity contribution >= 4 is 5.78 Å². The highest BCUT2D eigenvalue weighted by molar-refractivity contribution is 5.96. The molecule has 15 heavy (non-hydrogen) atoms. The van der Waals surface area contributed by atoms with Crippen molar-refractivity contribution in [1.29, 1.82) is 0 Å². The monoisotopic (exact) mass is 204 g/mol. The zero-order chi connectivity index (χ0) is 10.0. The molecule has 3 nitrogen and oxygen atoms in total. The summed E-state index contributed by atoms with van der Waals surface area (Å²) < 4.78 is 11.6. The van der Waals surface area contributed by atoms with Crippen LogP contribution in [0.3, 0.4) is 0 Å². The Kier molecular flexibility index (Phi) is 1.33. The molecule has 4 rings (SSSR count). The summed E-state index contributed by atoms with van der Waals surface area (Å²) in [4.78, 5) is 11.8. The van der Waals surface area contributed by atoms with E-state index in [0.29, 0.717) is 19.1 Å². The van der Waals surface area contributed by atoms with Gasteiger partial charge in [-0.1, -0.05) is 18.2 Å². The van der Waals surface area contributed by atoms with E-state index in [4.69, 9.17) is 9.47 Å². The van der Waals surface area contributed by atoms with Crippen LogP contribution in [0.2, 0.25) is 0 Å². The molecule has 1 heterocycles. The molecule has 1 saturated heterocycles. The van der Waals surface area contributed by atoms with E-state index in [1.165, 1.54) is 0 Å². The first-order valence-electron chi connectivity index (χ1n) is 5.51. The van der Waals surface area contributed by atoms with E-state index in [1.807, 2.05) is 6.08 Å². The van der Waals surface area contributed by atoms with Gasteiger partial charge >= 0.3 is 0 Å². The van der Waals surface area contributed by atoms with Gasteiger partial charge in [0.15, 0.2) is 11.6 Å². The Hall–Kier alpha value is -0.930. The third-order valence-corrected chi connectivity index (χ3v) is 4.22. The Labute approximate surface area is 87.7 Å². The van der Waals surface area contributed by atoms with Crippen LogP contribution in [0.5, 0.6) is 0 Å². The lowest BCUT2D eigenvalue weighted by molar-refractivity contribution is -0.188. The number of carbonyl (C=O) groups is 1. The summed E-state index contributed by atoms with van der Waals surface area (Å²) >= 11 is 0. The molecule has 0 aromatic heterocycles. The maximum absolute atomic E-state index is 11.8. The van der Waals surface area contributed by atoms with Crippen LogP contribution >= 0.6 is 0 Å². The van der Waals surface area contributed by atoms with E-state index >= 15 is 0 Å². The van der Waals surface area contributed by atoms with Crippen LogP contribution in [0.25, 0.3) is 0 Å². The van der Waals surface area contributed by atoms with Crippen molar-refractivity contribution in [3.05, 3.63) is 24.3 Å². The average molecular weight is 204 g/mol. The first-order chi connectivity index (χ1) is 7.33. The second kappa shape index (κ2) is 2.42. The Morgan fingerprint density at radius 3 is 2.60 bits per heavy atom. The summed E-state index contributed by atoms with van der Waals surface area (Å²) in [7, 11) is 0. The van der Waals surface area contributed by atoms with Crippen molar-refractivity contribution in [3.8, 4) is 0 Å². The highest BCUT2D eigenvalue weighted by Crippen LogP contribution is 2.60. The normalized spacial score (nSPS) is 48.4. The first kappa shape index (κ1) is 8.25. The van der Waals surface area contributed by atoms with Crippen LogP contribution in [-0.4, -0.2) is 24.8 Å². The molecular formula is C12H12O3. The summed E-state index contributed by atoms with van der Waals surface area (Å²) in [5, 5.41) is 0. The molecule has 3 heteroatoms. The molecule has 0 radical (unpaired) electrons. The van der Waals surface area contributed by atoms with Gasteiger partial charge in [0.05, 0.1) is 13.2 Å². The van der Waals surface area contributed by atoms with Crippen molar-refractivity contribution in [3.63, 3.8) is 0 Å². The van der Waals surface area contributed by atoms with Gasteiger partial charge in [-0.05, 0) is 12.0 Å². The van der Waals surface area contributed by atoms with E-state index in [-0.39, 0.29) is 23.5 Å². The van der Waals surface area contributed by atoms with Gasteiger partial charge in [-0.25, -0.2) is 0 Å². The minimum atomic E-state index is -0.490. The van der Waals surface area contributed by atoms with Gasteiger partial charge in [-0.2, -0.15) is 0 Å². The number of carbonyl (C=O) groups excluding carboxylic acids is 1. The van der Waals surface area contributed by atoms with Crippen molar-refractivity contribution in [2.24, 2.45) is 23.7 Å². The van der Waals surface area contributed by atoms with Gasteiger partial charge in [0.2, 0.25) is 0 Å². The van der Waals surface area contributed by atoms with E-state index in [9.17, 15) is 4.79 Å². The molecule has 0 aromatic carbocycles. The molecule has 0 amide bonds. The Balaban J connectivity index is 1.83. The number of hydrogen-bond donors (Lipinski definition) is 0. The van der Waals surface area contributed by atoms with E-state index in [2.05, 4.69) is 12.2 Å². The lowest BCUT2D eigenvalue weighted by Crippen LogP contribution is -2.38. The maximum Gasteiger partial charge on any atom is 0.182 e. The number of allylic oxidation sites excluding steroid dienone is 2. The third-order valence-electron chi connectivity index (χ3n) is 4.22. The fourth-order valence-electron chi connectivity index (χ4n) is 3.71. The van der Waals surface area contributed by atoms with Crippen LogP contribution < -0.4 is 0 Å². The molecule has 0 aromatic rings. The fourth-order valence-corrected chi connectivity index (χ4v) is 3.71. The number of rotatable bonds is 0. The van der Waals surface area contributed by atoms with Gasteiger partial charge in [-0.3, -0.25) is 4.79 Å². The lowest BCUT2D eigenvalue weighted by atomic mass is 9.85. The number of fused-ring (bicyclic) bond motifs is 3. The molecule has 78 valence electrons. The molecule has 1 spiro atoms. The molecule has 1 aliphatic heterocycles. The standard InChI is InChI=1S/C12H12O3/c13-10-4-1-7-8-2-3-9(11(7)10)12(8)14-5-6-15-12/h1-4,7-9,11H,5-6H2/t7-,8+,9+,11+/m0/s1. The number of hydrogen-bond acceptors (Lipinski definition) is 3. The lowest BCUT2D eigenvalue weighted by Gasteiger charge is -2.28. The third kappa shape index (κ3) is 0.755. The van der Waals surface area contributed by atoms with Gasteiger partial charge < -0.3 is 9.47 Å². The molecule has 2 fully saturated rings. The molecule has 4 aliphatic rings. The summed E-state index contributed by atoms with van der Waals surface area (Å²) in [6.07, 6.45) is 8.04. The van der Waals surface area contributed by atoms with Crippen LogP contribution in [0, 0.1) is 23.7 Å². The second-order valence-electron chi connectivity index (χ2n) is 4.72. The quantitative estimate of drug-likeness (QED) is 0.550. The summed E-state index contributed by atoms with van der Waals surface area (Å²) in [5.41, 5.74) is 0. The van der Waals surface area contributed by atoms with Crippen molar-refractivity contribution in [1.82, 2.24) is 0 Å². The highest BCUT2D eigenvalue weighted by Gasteiger charge is 2.66. The van der Waals surface area contributed by atoms with E-state index in [1.54, 1.807) is 6.08 Å². The minimum absolute atomic E-state index is 0.0816. The van der Waals surface area contributed by atoms with E-state index < -0.39 is 5.79 Å².